The molecule has 8 nitrogen and oxygen atoms in total. The maximum atomic E-state index is 12.8. The van der Waals surface area contributed by atoms with Crippen molar-refractivity contribution >= 4 is 27.1 Å². The molecule has 0 bridgehead atoms. The van der Waals surface area contributed by atoms with Gasteiger partial charge in [-0.15, -0.1) is 0 Å². The fraction of sp³-hybridized carbons (Fsp3) is 0.391. The molecule has 0 unspecified atom stereocenters. The number of fused-ring (bicyclic) bond motifs is 1. The molecule has 0 N–H and O–H groups in total. The zero-order valence-corrected chi connectivity index (χ0v) is 18.6. The third kappa shape index (κ3) is 4.78. The summed E-state index contributed by atoms with van der Waals surface area (Å²) in [5, 5.41) is 0. The van der Waals surface area contributed by atoms with Crippen LogP contribution in [-0.2, 0) is 21.3 Å². The first kappa shape index (κ1) is 22.3. The minimum atomic E-state index is -3.56. The van der Waals surface area contributed by atoms with E-state index in [9.17, 15) is 18.0 Å². The molecule has 0 atom stereocenters. The van der Waals surface area contributed by atoms with Crippen LogP contribution >= 0.6 is 0 Å². The van der Waals surface area contributed by atoms with E-state index in [-0.39, 0.29) is 17.1 Å². The molecule has 32 heavy (non-hydrogen) atoms. The summed E-state index contributed by atoms with van der Waals surface area (Å²) in [4.78, 5) is 24.5. The summed E-state index contributed by atoms with van der Waals surface area (Å²) in [5.41, 5.74) is 1.50. The number of aromatic nitrogens is 1. The molecule has 0 saturated carbocycles. The van der Waals surface area contributed by atoms with Crippen molar-refractivity contribution in [2.45, 2.75) is 43.5 Å². The van der Waals surface area contributed by atoms with Gasteiger partial charge in [-0.05, 0) is 55.7 Å². The predicted octanol–water partition coefficient (Wildman–Crippen LogP) is 3.41. The summed E-state index contributed by atoms with van der Waals surface area (Å²) in [7, 11) is -3.56. The highest BCUT2D eigenvalue weighted by Gasteiger charge is 2.25. The van der Waals surface area contributed by atoms with Gasteiger partial charge in [0.2, 0.25) is 10.0 Å². The Morgan fingerprint density at radius 2 is 1.66 bits per heavy atom. The number of carbonyl (C=O) groups excluding carboxylic acids is 1. The van der Waals surface area contributed by atoms with E-state index in [2.05, 4.69) is 0 Å². The first-order valence-corrected chi connectivity index (χ1v) is 12.3. The molecule has 3 aromatic rings. The number of esters is 1. The molecule has 9 heteroatoms. The van der Waals surface area contributed by atoms with Gasteiger partial charge in [-0.3, -0.25) is 4.57 Å². The van der Waals surface area contributed by atoms with Gasteiger partial charge in [-0.1, -0.05) is 25.0 Å². The zero-order chi connectivity index (χ0) is 22.6. The Hall–Kier alpha value is -2.91. The summed E-state index contributed by atoms with van der Waals surface area (Å²) >= 11 is 0. The topological polar surface area (TPSA) is 98.8 Å². The Morgan fingerprint density at radius 3 is 2.38 bits per heavy atom. The third-order valence-corrected chi connectivity index (χ3v) is 7.54. The van der Waals surface area contributed by atoms with Crippen LogP contribution in [0.25, 0.3) is 11.1 Å². The van der Waals surface area contributed by atoms with Gasteiger partial charge in [0.25, 0.3) is 0 Å². The van der Waals surface area contributed by atoms with E-state index in [0.717, 1.165) is 25.7 Å². The number of benzene rings is 2. The smallest absolute Gasteiger partial charge is 0.419 e. The van der Waals surface area contributed by atoms with Crippen LogP contribution in [0.3, 0.4) is 0 Å². The number of oxazole rings is 1. The summed E-state index contributed by atoms with van der Waals surface area (Å²) in [6.07, 6.45) is 4.26. The van der Waals surface area contributed by atoms with Crippen molar-refractivity contribution < 1.29 is 22.4 Å². The van der Waals surface area contributed by atoms with Crippen molar-refractivity contribution in [2.24, 2.45) is 0 Å². The van der Waals surface area contributed by atoms with Crippen LogP contribution in [0, 0.1) is 0 Å². The van der Waals surface area contributed by atoms with E-state index >= 15 is 0 Å². The molecule has 4 rings (SSSR count). The number of aryl methyl sites for hydroxylation is 1. The van der Waals surface area contributed by atoms with E-state index in [1.54, 1.807) is 18.2 Å². The molecule has 0 amide bonds. The summed E-state index contributed by atoms with van der Waals surface area (Å²) in [5.74, 6) is -0.980. The molecule has 1 saturated heterocycles. The molecular weight excluding hydrogens is 432 g/mol. The fourth-order valence-corrected chi connectivity index (χ4v) is 5.41. The molecule has 170 valence electrons. The highest BCUT2D eigenvalue weighted by Crippen LogP contribution is 2.21. The van der Waals surface area contributed by atoms with Gasteiger partial charge in [0, 0.05) is 19.6 Å². The summed E-state index contributed by atoms with van der Waals surface area (Å²) in [6, 6.07) is 13.0. The molecule has 1 aliphatic rings. The molecule has 0 aliphatic carbocycles. The number of sulfonamides is 1. The monoisotopic (exact) mass is 458 g/mol. The van der Waals surface area contributed by atoms with Crippen LogP contribution in [0.1, 0.15) is 42.5 Å². The lowest BCUT2D eigenvalue weighted by Crippen LogP contribution is -2.31. The first-order chi connectivity index (χ1) is 15.5. The second-order valence-electron chi connectivity index (χ2n) is 7.82. The number of hydrogen-bond acceptors (Lipinski definition) is 6. The van der Waals surface area contributed by atoms with Crippen molar-refractivity contribution in [2.75, 3.05) is 19.7 Å². The minimum absolute atomic E-state index is 0.124. The maximum absolute atomic E-state index is 12.8. The minimum Gasteiger partial charge on any atom is -0.462 e. The molecule has 0 radical (unpaired) electrons. The molecule has 2 aromatic carbocycles. The van der Waals surface area contributed by atoms with Crippen LogP contribution in [0.2, 0.25) is 0 Å². The molecule has 0 spiro atoms. The van der Waals surface area contributed by atoms with Crippen LogP contribution < -0.4 is 5.76 Å². The van der Waals surface area contributed by atoms with Crippen LogP contribution in [0.4, 0.5) is 0 Å². The Morgan fingerprint density at radius 1 is 0.969 bits per heavy atom. The Labute approximate surface area is 186 Å². The van der Waals surface area contributed by atoms with Gasteiger partial charge in [-0.2, -0.15) is 4.31 Å². The van der Waals surface area contributed by atoms with Gasteiger partial charge < -0.3 is 9.15 Å². The van der Waals surface area contributed by atoms with Crippen molar-refractivity contribution in [3.63, 3.8) is 0 Å². The molecule has 2 heterocycles. The van der Waals surface area contributed by atoms with Gasteiger partial charge >= 0.3 is 11.7 Å². The lowest BCUT2D eigenvalue weighted by molar-refractivity contribution is 0.0495. The first-order valence-electron chi connectivity index (χ1n) is 10.8. The lowest BCUT2D eigenvalue weighted by atomic mass is 10.2. The van der Waals surface area contributed by atoms with Gasteiger partial charge in [0.15, 0.2) is 5.58 Å². The average Bonchev–Trinajstić information content (AvgIpc) is 2.96. The Bertz CT molecular complexity index is 1240. The number of nitrogens with zero attached hydrogens (tertiary/aromatic N) is 2. The third-order valence-electron chi connectivity index (χ3n) is 5.63. The SMILES string of the molecule is O=C(OCCCn1c(=O)oc2ccccc21)c1ccc(S(=O)(=O)N2CCCCCC2)cc1. The number of carbonyl (C=O) groups is 1. The van der Waals surface area contributed by atoms with Crippen molar-refractivity contribution in [1.29, 1.82) is 0 Å². The Kier molecular flexibility index (Phi) is 6.76. The van der Waals surface area contributed by atoms with Gasteiger partial charge in [-0.25, -0.2) is 18.0 Å². The largest absolute Gasteiger partial charge is 0.462 e. The van der Waals surface area contributed by atoms with Gasteiger partial charge in [0.05, 0.1) is 22.6 Å². The highest BCUT2D eigenvalue weighted by molar-refractivity contribution is 7.89. The second kappa shape index (κ2) is 9.70. The van der Waals surface area contributed by atoms with Gasteiger partial charge in [0.1, 0.15) is 0 Å². The fourth-order valence-electron chi connectivity index (χ4n) is 3.89. The van der Waals surface area contributed by atoms with Crippen LogP contribution in [-0.4, -0.2) is 43.0 Å². The van der Waals surface area contributed by atoms with Crippen molar-refractivity contribution in [1.82, 2.24) is 8.87 Å². The number of ether oxygens (including phenoxy) is 1. The van der Waals surface area contributed by atoms with E-state index < -0.39 is 21.7 Å². The number of rotatable bonds is 7. The van der Waals surface area contributed by atoms with Crippen LogP contribution in [0.5, 0.6) is 0 Å². The van der Waals surface area contributed by atoms with Crippen LogP contribution in [0.15, 0.2) is 62.6 Å². The second-order valence-corrected chi connectivity index (χ2v) is 9.76. The van der Waals surface area contributed by atoms with E-state index in [4.69, 9.17) is 9.15 Å². The van der Waals surface area contributed by atoms with E-state index in [1.165, 1.54) is 33.1 Å². The molecule has 1 aromatic heterocycles. The molecule has 1 fully saturated rings. The maximum Gasteiger partial charge on any atom is 0.419 e. The average molecular weight is 459 g/mol. The highest BCUT2D eigenvalue weighted by atomic mass is 32.2. The number of para-hydroxylation sites is 2. The van der Waals surface area contributed by atoms with Crippen molar-refractivity contribution in [3.05, 3.63) is 64.6 Å². The van der Waals surface area contributed by atoms with E-state index in [0.29, 0.717) is 37.2 Å². The predicted molar refractivity (Wildman–Crippen MR) is 119 cm³/mol. The zero-order valence-electron chi connectivity index (χ0n) is 17.7. The summed E-state index contributed by atoms with van der Waals surface area (Å²) in [6.45, 7) is 1.54. The standard InChI is InChI=1S/C23H26N2O6S/c26-22(30-17-7-16-25-20-8-3-4-9-21(20)31-23(25)27)18-10-12-19(13-11-18)32(28,29)24-14-5-1-2-6-15-24/h3-4,8-13H,1-2,5-7,14-17H2. The quantitative estimate of drug-likeness (QED) is 0.397. The number of hydrogen-bond donors (Lipinski definition) is 0. The normalized spacial score (nSPS) is 15.5. The lowest BCUT2D eigenvalue weighted by Gasteiger charge is -2.20. The Balaban J connectivity index is 1.33. The summed E-state index contributed by atoms with van der Waals surface area (Å²) < 4.78 is 39.2. The van der Waals surface area contributed by atoms with Crippen molar-refractivity contribution in [3.8, 4) is 0 Å². The molecule has 1 aliphatic heterocycles. The van der Waals surface area contributed by atoms with E-state index in [1.807, 2.05) is 6.07 Å². The molecular formula is C23H26N2O6S.